The predicted octanol–water partition coefficient (Wildman–Crippen LogP) is 2.18. The standard InChI is InChI=1S/C20H25N3O2S/c1-21-20(22-13-14-26(24,25)19-9-3-2-4-10-19)23-18-12-11-16-7-5-6-8-17(16)15-18/h2-10,18H,11-15H2,1H3,(H2,21,22,23). The van der Waals surface area contributed by atoms with Crippen LogP contribution in [0.15, 0.2) is 64.5 Å². The molecular weight excluding hydrogens is 346 g/mol. The molecule has 1 aliphatic carbocycles. The molecule has 0 saturated heterocycles. The van der Waals surface area contributed by atoms with Crippen LogP contribution in [0.2, 0.25) is 0 Å². The first-order valence-corrected chi connectivity index (χ1v) is 10.6. The molecule has 3 rings (SSSR count). The largest absolute Gasteiger partial charge is 0.355 e. The van der Waals surface area contributed by atoms with Gasteiger partial charge in [0, 0.05) is 19.6 Å². The van der Waals surface area contributed by atoms with Crippen molar-refractivity contribution in [2.24, 2.45) is 4.99 Å². The zero-order chi connectivity index (χ0) is 18.4. The smallest absolute Gasteiger partial charge is 0.191 e. The Kier molecular flexibility index (Phi) is 5.93. The number of nitrogens with zero attached hydrogens (tertiary/aromatic N) is 1. The fourth-order valence-corrected chi connectivity index (χ4v) is 4.44. The van der Waals surface area contributed by atoms with Gasteiger partial charge >= 0.3 is 0 Å². The molecule has 2 N–H and O–H groups in total. The third-order valence-electron chi connectivity index (χ3n) is 4.68. The van der Waals surface area contributed by atoms with Crippen molar-refractivity contribution in [1.29, 1.82) is 0 Å². The van der Waals surface area contributed by atoms with Crippen LogP contribution in [-0.4, -0.2) is 39.8 Å². The van der Waals surface area contributed by atoms with Crippen molar-refractivity contribution in [2.75, 3.05) is 19.3 Å². The summed E-state index contributed by atoms with van der Waals surface area (Å²) in [5.41, 5.74) is 2.79. The average molecular weight is 372 g/mol. The van der Waals surface area contributed by atoms with Gasteiger partial charge < -0.3 is 10.6 Å². The summed E-state index contributed by atoms with van der Waals surface area (Å²) in [6, 6.07) is 17.4. The molecule has 0 spiro atoms. The highest BCUT2D eigenvalue weighted by molar-refractivity contribution is 7.91. The van der Waals surface area contributed by atoms with Crippen LogP contribution in [0.3, 0.4) is 0 Å². The number of guanidine groups is 1. The first-order valence-electron chi connectivity index (χ1n) is 8.90. The molecule has 0 fully saturated rings. The van der Waals surface area contributed by atoms with Gasteiger partial charge in [-0.3, -0.25) is 4.99 Å². The predicted molar refractivity (Wildman–Crippen MR) is 105 cm³/mol. The lowest BCUT2D eigenvalue weighted by molar-refractivity contribution is 0.521. The molecule has 5 nitrogen and oxygen atoms in total. The molecule has 0 amide bonds. The van der Waals surface area contributed by atoms with Gasteiger partial charge in [0.1, 0.15) is 0 Å². The third-order valence-corrected chi connectivity index (χ3v) is 6.41. The number of aliphatic imine (C=N–C) groups is 1. The lowest BCUT2D eigenvalue weighted by atomic mass is 9.88. The van der Waals surface area contributed by atoms with Gasteiger partial charge in [0.15, 0.2) is 15.8 Å². The summed E-state index contributed by atoms with van der Waals surface area (Å²) in [4.78, 5) is 4.59. The topological polar surface area (TPSA) is 70.6 Å². The van der Waals surface area contributed by atoms with E-state index in [0.29, 0.717) is 23.4 Å². The monoisotopic (exact) mass is 371 g/mol. The minimum absolute atomic E-state index is 0.0329. The van der Waals surface area contributed by atoms with E-state index in [1.165, 1.54) is 11.1 Å². The van der Waals surface area contributed by atoms with Gasteiger partial charge in [-0.15, -0.1) is 0 Å². The Bertz CT molecular complexity index is 864. The molecule has 6 heteroatoms. The SMILES string of the molecule is CN=C(NCCS(=O)(=O)c1ccccc1)NC1CCc2ccccc2C1. The molecule has 0 saturated carbocycles. The van der Waals surface area contributed by atoms with Gasteiger partial charge in [-0.05, 0) is 42.5 Å². The highest BCUT2D eigenvalue weighted by Gasteiger charge is 2.19. The Morgan fingerprint density at radius 1 is 1.08 bits per heavy atom. The van der Waals surface area contributed by atoms with Crippen molar-refractivity contribution < 1.29 is 8.42 Å². The quantitative estimate of drug-likeness (QED) is 0.624. The molecule has 138 valence electrons. The number of sulfone groups is 1. The first kappa shape index (κ1) is 18.5. The fourth-order valence-electron chi connectivity index (χ4n) is 3.26. The van der Waals surface area contributed by atoms with E-state index in [2.05, 4.69) is 39.9 Å². The fraction of sp³-hybridized carbons (Fsp3) is 0.350. The van der Waals surface area contributed by atoms with Crippen molar-refractivity contribution in [3.05, 3.63) is 65.7 Å². The van der Waals surface area contributed by atoms with Gasteiger partial charge in [-0.2, -0.15) is 0 Å². The lowest BCUT2D eigenvalue weighted by Gasteiger charge is -2.27. The summed E-state index contributed by atoms with van der Waals surface area (Å²) in [6.45, 7) is 0.320. The summed E-state index contributed by atoms with van der Waals surface area (Å²) in [6.07, 6.45) is 3.05. The number of fused-ring (bicyclic) bond motifs is 1. The summed E-state index contributed by atoms with van der Waals surface area (Å²) >= 11 is 0. The van der Waals surface area contributed by atoms with Crippen LogP contribution in [0.4, 0.5) is 0 Å². The van der Waals surface area contributed by atoms with E-state index in [0.717, 1.165) is 19.3 Å². The highest BCUT2D eigenvalue weighted by atomic mass is 32.2. The van der Waals surface area contributed by atoms with E-state index >= 15 is 0 Å². The zero-order valence-electron chi connectivity index (χ0n) is 15.0. The molecule has 2 aromatic carbocycles. The van der Waals surface area contributed by atoms with Gasteiger partial charge in [-0.25, -0.2) is 8.42 Å². The van der Waals surface area contributed by atoms with Crippen molar-refractivity contribution in [3.8, 4) is 0 Å². The number of rotatable bonds is 5. The minimum Gasteiger partial charge on any atom is -0.355 e. The molecule has 1 unspecified atom stereocenters. The van der Waals surface area contributed by atoms with Gasteiger partial charge in [-0.1, -0.05) is 42.5 Å². The van der Waals surface area contributed by atoms with Crippen molar-refractivity contribution in [2.45, 2.75) is 30.2 Å². The van der Waals surface area contributed by atoms with Crippen LogP contribution in [0, 0.1) is 0 Å². The van der Waals surface area contributed by atoms with Gasteiger partial charge in [0.05, 0.1) is 10.6 Å². The van der Waals surface area contributed by atoms with Crippen LogP contribution in [0.1, 0.15) is 17.5 Å². The number of hydrogen-bond acceptors (Lipinski definition) is 3. The van der Waals surface area contributed by atoms with E-state index in [1.807, 2.05) is 6.07 Å². The first-order chi connectivity index (χ1) is 12.6. The molecule has 26 heavy (non-hydrogen) atoms. The minimum atomic E-state index is -3.28. The van der Waals surface area contributed by atoms with Crippen molar-refractivity contribution in [1.82, 2.24) is 10.6 Å². The van der Waals surface area contributed by atoms with Gasteiger partial charge in [0.25, 0.3) is 0 Å². The summed E-state index contributed by atoms with van der Waals surface area (Å²) in [5, 5.41) is 6.54. The van der Waals surface area contributed by atoms with Crippen LogP contribution >= 0.6 is 0 Å². The Morgan fingerprint density at radius 3 is 2.50 bits per heavy atom. The maximum Gasteiger partial charge on any atom is 0.191 e. The van der Waals surface area contributed by atoms with Crippen LogP contribution in [-0.2, 0) is 22.7 Å². The molecule has 1 atom stereocenters. The summed E-state index contributed by atoms with van der Waals surface area (Å²) < 4.78 is 24.7. The molecular formula is C20H25N3O2S. The van der Waals surface area contributed by atoms with E-state index < -0.39 is 9.84 Å². The molecule has 0 radical (unpaired) electrons. The second kappa shape index (κ2) is 8.36. The molecule has 0 aromatic heterocycles. The molecule has 0 heterocycles. The third kappa shape index (κ3) is 4.64. The maximum absolute atomic E-state index is 12.3. The van der Waals surface area contributed by atoms with Gasteiger partial charge in [0.2, 0.25) is 0 Å². The Hall–Kier alpha value is -2.34. The summed E-state index contributed by atoms with van der Waals surface area (Å²) in [5.74, 6) is 0.684. The number of hydrogen-bond donors (Lipinski definition) is 2. The number of aryl methyl sites for hydroxylation is 1. The highest BCUT2D eigenvalue weighted by Crippen LogP contribution is 2.20. The van der Waals surface area contributed by atoms with E-state index in [4.69, 9.17) is 0 Å². The normalized spacial score (nSPS) is 17.4. The van der Waals surface area contributed by atoms with Crippen molar-refractivity contribution in [3.63, 3.8) is 0 Å². The molecule has 0 bridgehead atoms. The van der Waals surface area contributed by atoms with E-state index in [-0.39, 0.29) is 5.75 Å². The van der Waals surface area contributed by atoms with E-state index in [1.54, 1.807) is 31.3 Å². The Balaban J connectivity index is 1.52. The molecule has 0 aliphatic heterocycles. The second-order valence-corrected chi connectivity index (χ2v) is 8.59. The maximum atomic E-state index is 12.3. The van der Waals surface area contributed by atoms with E-state index in [9.17, 15) is 8.42 Å². The Morgan fingerprint density at radius 2 is 1.77 bits per heavy atom. The van der Waals surface area contributed by atoms with Crippen LogP contribution in [0.5, 0.6) is 0 Å². The van der Waals surface area contributed by atoms with Crippen LogP contribution in [0.25, 0.3) is 0 Å². The second-order valence-electron chi connectivity index (χ2n) is 6.48. The zero-order valence-corrected chi connectivity index (χ0v) is 15.8. The average Bonchev–Trinajstić information content (AvgIpc) is 2.67. The summed E-state index contributed by atoms with van der Waals surface area (Å²) in [7, 11) is -1.58. The number of nitrogens with one attached hydrogen (secondary N) is 2. The lowest BCUT2D eigenvalue weighted by Crippen LogP contribution is -2.46. The molecule has 1 aliphatic rings. The molecule has 2 aromatic rings. The van der Waals surface area contributed by atoms with Crippen LogP contribution < -0.4 is 10.6 Å². The van der Waals surface area contributed by atoms with Crippen molar-refractivity contribution >= 4 is 15.8 Å². The number of benzene rings is 2. The Labute approximate surface area is 155 Å².